The van der Waals surface area contributed by atoms with Gasteiger partial charge in [-0.2, -0.15) is 0 Å². The molecule has 0 aromatic rings. The predicted octanol–water partition coefficient (Wildman–Crippen LogP) is 4.16. The van der Waals surface area contributed by atoms with Crippen molar-refractivity contribution in [1.29, 1.82) is 0 Å². The molecule has 0 saturated heterocycles. The van der Waals surface area contributed by atoms with Crippen molar-refractivity contribution in [1.82, 2.24) is 0 Å². The van der Waals surface area contributed by atoms with E-state index in [9.17, 15) is 0 Å². The summed E-state index contributed by atoms with van der Waals surface area (Å²) in [7, 11) is 0. The Morgan fingerprint density at radius 1 is 1.41 bits per heavy atom. The van der Waals surface area contributed by atoms with Crippen molar-refractivity contribution in [2.45, 2.75) is 37.9 Å². The summed E-state index contributed by atoms with van der Waals surface area (Å²) in [5.74, 6) is 1.20. The van der Waals surface area contributed by atoms with Crippen LogP contribution >= 0.6 is 11.8 Å². The van der Waals surface area contributed by atoms with Crippen molar-refractivity contribution in [2.24, 2.45) is 0 Å². The molecule has 2 rings (SSSR count). The fraction of sp³-hybridized carbons (Fsp3) is 0.467. The summed E-state index contributed by atoms with van der Waals surface area (Å²) in [4.78, 5) is 0. The number of hydrogen-bond acceptors (Lipinski definition) is 1. The van der Waals surface area contributed by atoms with Crippen LogP contribution in [-0.4, -0.2) is 33.0 Å². The van der Waals surface area contributed by atoms with E-state index in [4.69, 9.17) is 0 Å². The first-order chi connectivity index (χ1) is 8.18. The Bertz CT molecular complexity index is 415. The first-order valence-electron chi connectivity index (χ1n) is 6.26. The van der Waals surface area contributed by atoms with E-state index in [2.05, 4.69) is 56.0 Å². The molecule has 2 heteroatoms. The summed E-state index contributed by atoms with van der Waals surface area (Å²) in [5.41, 5.74) is 3.15. The monoisotopic (exact) mass is 351 g/mol. The van der Waals surface area contributed by atoms with Gasteiger partial charge in [0.05, 0.1) is 0 Å². The third kappa shape index (κ3) is 2.93. The first kappa shape index (κ1) is 13.5. The molecule has 17 heavy (non-hydrogen) atoms. The minimum absolute atomic E-state index is 0.329. The zero-order chi connectivity index (χ0) is 12.3. The van der Waals surface area contributed by atoms with Crippen molar-refractivity contribution in [3.63, 3.8) is 0 Å². The van der Waals surface area contributed by atoms with Gasteiger partial charge in [-0.3, -0.25) is 0 Å². The van der Waals surface area contributed by atoms with Crippen LogP contribution in [0.15, 0.2) is 45.1 Å². The molecule has 0 fully saturated rings. The van der Waals surface area contributed by atoms with Gasteiger partial charge in [0, 0.05) is 0 Å². The second-order valence-corrected chi connectivity index (χ2v) is 8.07. The molecular formula is C15H19SSn. The van der Waals surface area contributed by atoms with Gasteiger partial charge in [-0.15, -0.1) is 0 Å². The molecule has 0 spiro atoms. The van der Waals surface area contributed by atoms with Crippen LogP contribution in [0, 0.1) is 0 Å². The van der Waals surface area contributed by atoms with Crippen LogP contribution in [0.5, 0.6) is 0 Å². The van der Waals surface area contributed by atoms with Gasteiger partial charge in [0.15, 0.2) is 0 Å². The Kier molecular flexibility index (Phi) is 4.64. The predicted molar refractivity (Wildman–Crippen MR) is 79.5 cm³/mol. The third-order valence-electron chi connectivity index (χ3n) is 3.57. The topological polar surface area (TPSA) is 0 Å². The number of allylic oxidation sites excluding steroid dienone is 7. The van der Waals surface area contributed by atoms with Gasteiger partial charge in [-0.25, -0.2) is 0 Å². The van der Waals surface area contributed by atoms with Crippen LogP contribution in [0.4, 0.5) is 0 Å². The molecule has 0 bridgehead atoms. The summed E-state index contributed by atoms with van der Waals surface area (Å²) in [6, 6.07) is 0. The summed E-state index contributed by atoms with van der Waals surface area (Å²) in [6.07, 6.45) is 15.1. The van der Waals surface area contributed by atoms with Crippen LogP contribution in [0.2, 0.25) is 0 Å². The van der Waals surface area contributed by atoms with Gasteiger partial charge in [0.2, 0.25) is 0 Å². The Hall–Kier alpha value is 0.109. The van der Waals surface area contributed by atoms with E-state index in [1.165, 1.54) is 25.0 Å². The van der Waals surface area contributed by atoms with Crippen LogP contribution in [0.3, 0.4) is 0 Å². The van der Waals surface area contributed by atoms with Crippen LogP contribution in [0.1, 0.15) is 33.1 Å². The van der Waals surface area contributed by atoms with Crippen LogP contribution in [0.25, 0.3) is 0 Å². The summed E-state index contributed by atoms with van der Waals surface area (Å²) in [5, 5.41) is 0. The summed E-state index contributed by atoms with van der Waals surface area (Å²) >= 11 is 3.71. The molecule has 0 saturated carbocycles. The van der Waals surface area contributed by atoms with Gasteiger partial charge in [0.1, 0.15) is 0 Å². The van der Waals surface area contributed by atoms with Gasteiger partial charge in [-0.1, -0.05) is 0 Å². The van der Waals surface area contributed by atoms with Crippen molar-refractivity contribution in [2.75, 3.05) is 5.75 Å². The third-order valence-corrected chi connectivity index (χ3v) is 6.55. The maximum atomic E-state index is 2.35. The van der Waals surface area contributed by atoms with E-state index >= 15 is 0 Å². The summed E-state index contributed by atoms with van der Waals surface area (Å²) < 4.78 is 1.98. The number of rotatable bonds is 4. The van der Waals surface area contributed by atoms with E-state index in [1.807, 2.05) is 0 Å². The van der Waals surface area contributed by atoms with Crippen molar-refractivity contribution in [3.05, 3.63) is 45.1 Å². The van der Waals surface area contributed by atoms with Crippen LogP contribution < -0.4 is 0 Å². The maximum absolute atomic E-state index is 2.35. The molecule has 0 aliphatic heterocycles. The molecule has 89 valence electrons. The van der Waals surface area contributed by atoms with Gasteiger partial charge >= 0.3 is 123 Å². The SMILES string of the molecule is CCSC1(CC2=[C]([Sn])CC=C2)CC=CC=C1C. The Morgan fingerprint density at radius 3 is 2.82 bits per heavy atom. The summed E-state index contributed by atoms with van der Waals surface area (Å²) in [6.45, 7) is 4.57. The average molecular weight is 350 g/mol. The standard InChI is InChI=1S/C15H19S.Sn/c1-3-16-15(11-7-6-8-13(15)2)12-14-9-4-5-10-14;/h4,6-9H,3,5,11-12H2,1-2H3;. The molecule has 2 aliphatic carbocycles. The number of thioether (sulfide) groups is 1. The van der Waals surface area contributed by atoms with Gasteiger partial charge < -0.3 is 0 Å². The minimum atomic E-state index is 0.329. The first-order valence-corrected chi connectivity index (χ1v) is 8.67. The molecule has 0 amide bonds. The van der Waals surface area contributed by atoms with E-state index in [-0.39, 0.29) is 0 Å². The molecule has 0 nitrogen and oxygen atoms in total. The van der Waals surface area contributed by atoms with E-state index in [0.29, 0.717) is 4.75 Å². The quantitative estimate of drug-likeness (QED) is 0.687. The van der Waals surface area contributed by atoms with E-state index in [1.54, 1.807) is 37.3 Å². The average Bonchev–Trinajstić information content (AvgIpc) is 2.69. The zero-order valence-corrected chi connectivity index (χ0v) is 14.3. The Labute approximate surface area is 122 Å². The molecule has 2 aliphatic rings. The van der Waals surface area contributed by atoms with Crippen molar-refractivity contribution < 1.29 is 0 Å². The fourth-order valence-electron chi connectivity index (χ4n) is 2.52. The molecule has 0 N–H and O–H groups in total. The molecule has 0 aromatic carbocycles. The van der Waals surface area contributed by atoms with Crippen LogP contribution in [-0.2, 0) is 0 Å². The molecular weight excluding hydrogens is 331 g/mol. The van der Waals surface area contributed by atoms with E-state index in [0.717, 1.165) is 0 Å². The van der Waals surface area contributed by atoms with Crippen molar-refractivity contribution in [3.8, 4) is 0 Å². The molecule has 3 radical (unpaired) electrons. The second-order valence-electron chi connectivity index (χ2n) is 4.70. The van der Waals surface area contributed by atoms with Crippen molar-refractivity contribution >= 4 is 34.3 Å². The van der Waals surface area contributed by atoms with E-state index < -0.39 is 0 Å². The normalized spacial score (nSPS) is 27.8. The Balaban J connectivity index is 2.24. The fourth-order valence-corrected chi connectivity index (χ4v) is 4.67. The number of hydrogen-bond donors (Lipinski definition) is 0. The molecule has 1 unspecified atom stereocenters. The molecule has 1 atom stereocenters. The Morgan fingerprint density at radius 2 is 2.24 bits per heavy atom. The molecule has 0 heterocycles. The second kappa shape index (κ2) is 5.83. The van der Waals surface area contributed by atoms with Gasteiger partial charge in [0.25, 0.3) is 0 Å². The zero-order valence-electron chi connectivity index (χ0n) is 10.6. The molecule has 0 aromatic heterocycles. The van der Waals surface area contributed by atoms with Gasteiger partial charge in [-0.05, 0) is 0 Å².